The van der Waals surface area contributed by atoms with E-state index in [9.17, 15) is 0 Å². The van der Waals surface area contributed by atoms with Gasteiger partial charge >= 0.3 is 0 Å². The van der Waals surface area contributed by atoms with Gasteiger partial charge < -0.3 is 9.13 Å². The highest BCUT2D eigenvalue weighted by molar-refractivity contribution is 6.25. The summed E-state index contributed by atoms with van der Waals surface area (Å²) in [6, 6.07) is 73.8. The largest absolute Gasteiger partial charge is 0.309 e. The van der Waals surface area contributed by atoms with Crippen LogP contribution in [0.3, 0.4) is 0 Å². The fourth-order valence-corrected chi connectivity index (χ4v) is 9.05. The predicted octanol–water partition coefficient (Wildman–Crippen LogP) is 14.0. The van der Waals surface area contributed by atoms with Crippen LogP contribution in [0.25, 0.3) is 110 Å². The molecular formula is C54H34N4. The summed E-state index contributed by atoms with van der Waals surface area (Å²) in [5.74, 6) is 0.702. The molecule has 0 saturated carbocycles. The van der Waals surface area contributed by atoms with Gasteiger partial charge in [0.05, 0.1) is 39.1 Å². The summed E-state index contributed by atoms with van der Waals surface area (Å²) in [7, 11) is 0. The molecule has 270 valence electrons. The summed E-state index contributed by atoms with van der Waals surface area (Å²) < 4.78 is 4.89. The van der Waals surface area contributed by atoms with E-state index in [1.54, 1.807) is 0 Å². The fourth-order valence-electron chi connectivity index (χ4n) is 9.05. The van der Waals surface area contributed by atoms with Crippen molar-refractivity contribution < 1.29 is 0 Å². The summed E-state index contributed by atoms with van der Waals surface area (Å²) in [5, 5.41) is 9.79. The maximum absolute atomic E-state index is 5.14. The molecule has 4 heteroatoms. The molecule has 0 fully saturated rings. The molecule has 12 aromatic rings. The molecule has 0 spiro atoms. The highest BCUT2D eigenvalue weighted by Crippen LogP contribution is 2.43. The van der Waals surface area contributed by atoms with Gasteiger partial charge in [0.1, 0.15) is 0 Å². The molecule has 4 nitrogen and oxygen atoms in total. The smallest absolute Gasteiger partial charge is 0.160 e. The molecule has 0 saturated heterocycles. The fraction of sp³-hybridized carbons (Fsp3) is 0. The average molecular weight is 739 g/mol. The molecule has 0 N–H and O–H groups in total. The van der Waals surface area contributed by atoms with Gasteiger partial charge in [-0.1, -0.05) is 152 Å². The normalized spacial score (nSPS) is 11.8. The van der Waals surface area contributed by atoms with E-state index in [0.717, 1.165) is 50.2 Å². The average Bonchev–Trinajstić information content (AvgIpc) is 3.80. The van der Waals surface area contributed by atoms with Crippen molar-refractivity contribution in [2.75, 3.05) is 0 Å². The summed E-state index contributed by atoms with van der Waals surface area (Å²) in [5.41, 5.74) is 11.9. The predicted molar refractivity (Wildman–Crippen MR) is 242 cm³/mol. The molecule has 9 aromatic carbocycles. The molecule has 0 bridgehead atoms. The Labute approximate surface area is 334 Å². The van der Waals surface area contributed by atoms with Gasteiger partial charge in [0, 0.05) is 49.3 Å². The van der Waals surface area contributed by atoms with Crippen LogP contribution in [-0.2, 0) is 0 Å². The first kappa shape index (κ1) is 32.4. The molecule has 0 aliphatic rings. The Morgan fingerprint density at radius 3 is 1.71 bits per heavy atom. The number of hydrogen-bond donors (Lipinski definition) is 0. The molecular weight excluding hydrogens is 705 g/mol. The van der Waals surface area contributed by atoms with Gasteiger partial charge in [0.2, 0.25) is 0 Å². The third-order valence-corrected chi connectivity index (χ3v) is 11.7. The number of para-hydroxylation sites is 2. The van der Waals surface area contributed by atoms with E-state index < -0.39 is 0 Å². The third kappa shape index (κ3) is 5.02. The van der Waals surface area contributed by atoms with E-state index in [1.165, 1.54) is 54.4 Å². The zero-order valence-corrected chi connectivity index (χ0v) is 31.4. The van der Waals surface area contributed by atoms with Crippen LogP contribution >= 0.6 is 0 Å². The highest BCUT2D eigenvalue weighted by atomic mass is 15.0. The maximum Gasteiger partial charge on any atom is 0.160 e. The maximum atomic E-state index is 5.14. The second-order valence-corrected chi connectivity index (χ2v) is 15.0. The lowest BCUT2D eigenvalue weighted by molar-refractivity contribution is 1.17. The van der Waals surface area contributed by atoms with Crippen molar-refractivity contribution in [2.24, 2.45) is 0 Å². The van der Waals surface area contributed by atoms with E-state index in [4.69, 9.17) is 9.97 Å². The highest BCUT2D eigenvalue weighted by Gasteiger charge is 2.21. The lowest BCUT2D eigenvalue weighted by atomic mass is 10.0. The standard InChI is InChI=1S/C54H34N4/c1-4-16-36(17-5-1)46-33-47(37-18-6-2-7-19-37)56-54(55-46)39-27-29-41-38(31-39)20-14-26-48(41)58-49-25-13-12-24-43(49)44-32-45-52(34-51(44)58)57(40-21-8-3-9-22-40)50-30-28-35-15-10-11-23-42(35)53(45)50/h1-34H. The van der Waals surface area contributed by atoms with E-state index >= 15 is 0 Å². The van der Waals surface area contributed by atoms with Gasteiger partial charge in [0.15, 0.2) is 5.82 Å². The van der Waals surface area contributed by atoms with Gasteiger partial charge in [-0.15, -0.1) is 0 Å². The van der Waals surface area contributed by atoms with E-state index in [2.05, 4.69) is 203 Å². The molecule has 0 aliphatic heterocycles. The Morgan fingerprint density at radius 1 is 0.310 bits per heavy atom. The lowest BCUT2D eigenvalue weighted by Gasteiger charge is -2.14. The number of nitrogens with zero attached hydrogens (tertiary/aromatic N) is 4. The van der Waals surface area contributed by atoms with E-state index in [0.29, 0.717) is 5.82 Å². The van der Waals surface area contributed by atoms with Gasteiger partial charge in [-0.05, 0) is 70.8 Å². The lowest BCUT2D eigenvalue weighted by Crippen LogP contribution is -1.98. The summed E-state index contributed by atoms with van der Waals surface area (Å²) in [6.07, 6.45) is 0. The van der Waals surface area contributed by atoms with Crippen molar-refractivity contribution in [1.29, 1.82) is 0 Å². The van der Waals surface area contributed by atoms with Crippen molar-refractivity contribution in [3.05, 3.63) is 206 Å². The first-order valence-electron chi connectivity index (χ1n) is 19.7. The van der Waals surface area contributed by atoms with Gasteiger partial charge in [-0.25, -0.2) is 9.97 Å². The van der Waals surface area contributed by atoms with Crippen molar-refractivity contribution in [3.63, 3.8) is 0 Å². The number of fused-ring (bicyclic) bond motifs is 9. The van der Waals surface area contributed by atoms with E-state index in [1.807, 2.05) is 12.1 Å². The number of rotatable bonds is 5. The Balaban J connectivity index is 1.10. The topological polar surface area (TPSA) is 35.6 Å². The molecule has 3 heterocycles. The molecule has 0 atom stereocenters. The quantitative estimate of drug-likeness (QED) is 0.176. The SMILES string of the molecule is c1ccc(-c2cc(-c3ccccc3)nc(-c3ccc4c(-n5c6ccccc6c6cc7c8c9ccccc9ccc8n(-c8ccccc8)c7cc65)cccc4c3)n2)cc1. The van der Waals surface area contributed by atoms with Gasteiger partial charge in [0.25, 0.3) is 0 Å². The minimum atomic E-state index is 0.702. The second-order valence-electron chi connectivity index (χ2n) is 15.0. The molecule has 3 aromatic heterocycles. The molecule has 0 amide bonds. The zero-order chi connectivity index (χ0) is 38.2. The summed E-state index contributed by atoms with van der Waals surface area (Å²) in [4.78, 5) is 10.3. The molecule has 0 aliphatic carbocycles. The summed E-state index contributed by atoms with van der Waals surface area (Å²) >= 11 is 0. The molecule has 12 rings (SSSR count). The van der Waals surface area contributed by atoms with E-state index in [-0.39, 0.29) is 0 Å². The minimum absolute atomic E-state index is 0.702. The van der Waals surface area contributed by atoms with Gasteiger partial charge in [-0.2, -0.15) is 0 Å². The molecule has 58 heavy (non-hydrogen) atoms. The minimum Gasteiger partial charge on any atom is -0.309 e. The summed E-state index contributed by atoms with van der Waals surface area (Å²) in [6.45, 7) is 0. The van der Waals surface area contributed by atoms with Crippen LogP contribution in [-0.4, -0.2) is 19.1 Å². The van der Waals surface area contributed by atoms with Gasteiger partial charge in [-0.3, -0.25) is 0 Å². The van der Waals surface area contributed by atoms with Crippen molar-refractivity contribution in [2.45, 2.75) is 0 Å². The Hall–Kier alpha value is -7.82. The van der Waals surface area contributed by atoms with Crippen LogP contribution in [0.15, 0.2) is 206 Å². The second kappa shape index (κ2) is 12.9. The third-order valence-electron chi connectivity index (χ3n) is 11.7. The first-order chi connectivity index (χ1) is 28.8. The zero-order valence-electron chi connectivity index (χ0n) is 31.4. The van der Waals surface area contributed by atoms with Crippen LogP contribution in [0.4, 0.5) is 0 Å². The van der Waals surface area contributed by atoms with Crippen molar-refractivity contribution in [3.8, 4) is 45.3 Å². The Bertz CT molecular complexity index is 3490. The van der Waals surface area contributed by atoms with Crippen molar-refractivity contribution in [1.82, 2.24) is 19.1 Å². The number of hydrogen-bond acceptors (Lipinski definition) is 2. The monoisotopic (exact) mass is 738 g/mol. The Kier molecular flexibility index (Phi) is 7.20. The van der Waals surface area contributed by atoms with Crippen LogP contribution in [0.1, 0.15) is 0 Å². The molecule has 0 radical (unpaired) electrons. The number of aromatic nitrogens is 4. The van der Waals surface area contributed by atoms with Crippen molar-refractivity contribution >= 4 is 65.2 Å². The Morgan fingerprint density at radius 2 is 0.948 bits per heavy atom. The van der Waals surface area contributed by atoms with Crippen LogP contribution in [0.5, 0.6) is 0 Å². The molecule has 0 unspecified atom stereocenters. The number of benzene rings is 9. The first-order valence-corrected chi connectivity index (χ1v) is 19.7. The van der Waals surface area contributed by atoms with Crippen LogP contribution < -0.4 is 0 Å². The van der Waals surface area contributed by atoms with Crippen LogP contribution in [0.2, 0.25) is 0 Å². The van der Waals surface area contributed by atoms with Crippen LogP contribution in [0, 0.1) is 0 Å².